The van der Waals surface area contributed by atoms with Crippen molar-refractivity contribution >= 4 is 17.5 Å². The number of amides is 2. The summed E-state index contributed by atoms with van der Waals surface area (Å²) >= 11 is 0. The van der Waals surface area contributed by atoms with Crippen LogP contribution in [0.4, 0.5) is 5.69 Å². The molecule has 3 rings (SSSR count). The number of carbonyl (C=O) groups excluding carboxylic acids is 2. The number of carbonyl (C=O) groups is 2. The number of anilines is 1. The lowest BCUT2D eigenvalue weighted by Gasteiger charge is -2.09. The minimum absolute atomic E-state index is 0.0149. The van der Waals surface area contributed by atoms with E-state index in [1.807, 2.05) is 56.3 Å². The molecule has 0 radical (unpaired) electrons. The van der Waals surface area contributed by atoms with E-state index < -0.39 is 0 Å². The van der Waals surface area contributed by atoms with Crippen LogP contribution in [0.3, 0.4) is 0 Å². The molecule has 3 aromatic rings. The van der Waals surface area contributed by atoms with Gasteiger partial charge in [0.05, 0.1) is 13.0 Å². The van der Waals surface area contributed by atoms with Crippen molar-refractivity contribution < 1.29 is 9.59 Å². The largest absolute Gasteiger partial charge is 0.354 e. The molecule has 8 nitrogen and oxygen atoms in total. The van der Waals surface area contributed by atoms with Gasteiger partial charge in [0.25, 0.3) is 0 Å². The summed E-state index contributed by atoms with van der Waals surface area (Å²) in [5.74, 6) is 0.477. The van der Waals surface area contributed by atoms with Crippen LogP contribution in [0.2, 0.25) is 0 Å². The van der Waals surface area contributed by atoms with Crippen LogP contribution in [0.5, 0.6) is 0 Å². The Kier molecular flexibility index (Phi) is 7.26. The number of nitrogens with one attached hydrogen (secondary N) is 2. The minimum atomic E-state index is -0.0799. The van der Waals surface area contributed by atoms with Crippen molar-refractivity contribution in [1.82, 2.24) is 25.5 Å². The number of aromatic nitrogens is 4. The molecule has 0 fully saturated rings. The monoisotopic (exact) mass is 406 g/mol. The van der Waals surface area contributed by atoms with E-state index in [1.165, 1.54) is 4.80 Å². The quantitative estimate of drug-likeness (QED) is 0.569. The van der Waals surface area contributed by atoms with Gasteiger partial charge in [0.15, 0.2) is 0 Å². The first-order valence-electron chi connectivity index (χ1n) is 10.0. The zero-order valence-corrected chi connectivity index (χ0v) is 17.2. The van der Waals surface area contributed by atoms with Gasteiger partial charge in [-0.25, -0.2) is 0 Å². The molecule has 0 aliphatic rings. The van der Waals surface area contributed by atoms with Crippen LogP contribution in [0.1, 0.15) is 32.3 Å². The second kappa shape index (κ2) is 10.3. The highest BCUT2D eigenvalue weighted by atomic mass is 16.2. The summed E-state index contributed by atoms with van der Waals surface area (Å²) < 4.78 is 0. The molecule has 0 saturated heterocycles. The number of hydrogen-bond donors (Lipinski definition) is 2. The molecule has 1 heterocycles. The van der Waals surface area contributed by atoms with Gasteiger partial charge in [0.1, 0.15) is 0 Å². The second-order valence-electron chi connectivity index (χ2n) is 7.32. The molecular weight excluding hydrogens is 380 g/mol. The molecule has 30 heavy (non-hydrogen) atoms. The van der Waals surface area contributed by atoms with Crippen LogP contribution in [-0.4, -0.2) is 38.1 Å². The van der Waals surface area contributed by atoms with Gasteiger partial charge in [0, 0.05) is 23.7 Å². The molecule has 0 spiro atoms. The highest BCUT2D eigenvalue weighted by Crippen LogP contribution is 2.13. The van der Waals surface area contributed by atoms with Crippen molar-refractivity contribution in [2.45, 2.75) is 45.7 Å². The molecule has 0 atom stereocenters. The topological polar surface area (TPSA) is 102 Å². The van der Waals surface area contributed by atoms with E-state index in [2.05, 4.69) is 26.0 Å². The Morgan fingerprint density at radius 2 is 1.73 bits per heavy atom. The maximum absolute atomic E-state index is 12.2. The summed E-state index contributed by atoms with van der Waals surface area (Å²) in [7, 11) is 0. The molecule has 2 N–H and O–H groups in total. The maximum Gasteiger partial charge on any atom is 0.224 e. The number of rotatable bonds is 9. The lowest BCUT2D eigenvalue weighted by atomic mass is 10.1. The highest BCUT2D eigenvalue weighted by Gasteiger charge is 2.08. The van der Waals surface area contributed by atoms with Gasteiger partial charge in [-0.05, 0) is 43.2 Å². The van der Waals surface area contributed by atoms with Crippen molar-refractivity contribution in [3.05, 3.63) is 60.2 Å². The van der Waals surface area contributed by atoms with Gasteiger partial charge in [-0.3, -0.25) is 9.59 Å². The van der Waals surface area contributed by atoms with Crippen molar-refractivity contribution in [3.8, 4) is 11.4 Å². The number of hydrogen-bond acceptors (Lipinski definition) is 5. The van der Waals surface area contributed by atoms with Gasteiger partial charge in [-0.2, -0.15) is 4.80 Å². The van der Waals surface area contributed by atoms with Gasteiger partial charge in [-0.1, -0.05) is 42.5 Å². The summed E-state index contributed by atoms with van der Waals surface area (Å²) in [6.45, 7) is 4.37. The van der Waals surface area contributed by atoms with Crippen LogP contribution >= 0.6 is 0 Å². The third-order valence-electron chi connectivity index (χ3n) is 4.30. The van der Waals surface area contributed by atoms with Crippen LogP contribution in [0.25, 0.3) is 11.4 Å². The Balaban J connectivity index is 1.42. The molecule has 0 unspecified atom stereocenters. The highest BCUT2D eigenvalue weighted by molar-refractivity contribution is 5.90. The number of nitrogens with zero attached hydrogens (tertiary/aromatic N) is 4. The van der Waals surface area contributed by atoms with E-state index in [1.54, 1.807) is 12.1 Å². The van der Waals surface area contributed by atoms with E-state index in [-0.39, 0.29) is 17.9 Å². The standard InChI is InChI=1S/C22H26N6O2/c1-16(2)23-21(30)15-17-10-12-19(13-11-17)24-20(29)9-6-14-28-26-22(25-27-28)18-7-4-3-5-8-18/h3-5,7-8,10-13,16H,6,9,14-15H2,1-2H3,(H,23,30)(H,24,29). The third kappa shape index (κ3) is 6.51. The van der Waals surface area contributed by atoms with Gasteiger partial charge in [-0.15, -0.1) is 10.2 Å². The molecule has 0 bridgehead atoms. The van der Waals surface area contributed by atoms with Crippen molar-refractivity contribution in [2.75, 3.05) is 5.32 Å². The van der Waals surface area contributed by atoms with Crippen molar-refractivity contribution in [1.29, 1.82) is 0 Å². The molecule has 0 saturated carbocycles. The predicted molar refractivity (Wildman–Crippen MR) is 115 cm³/mol. The average Bonchev–Trinajstić information content (AvgIpc) is 3.18. The van der Waals surface area contributed by atoms with E-state index >= 15 is 0 Å². The Hall–Kier alpha value is -3.55. The molecule has 0 aliphatic heterocycles. The molecular formula is C22H26N6O2. The van der Waals surface area contributed by atoms with E-state index in [9.17, 15) is 9.59 Å². The Bertz CT molecular complexity index is 967. The summed E-state index contributed by atoms with van der Waals surface area (Å²) in [4.78, 5) is 25.5. The van der Waals surface area contributed by atoms with E-state index in [0.717, 1.165) is 11.1 Å². The van der Waals surface area contributed by atoms with E-state index in [0.29, 0.717) is 37.3 Å². The average molecular weight is 406 g/mol. The lowest BCUT2D eigenvalue weighted by molar-refractivity contribution is -0.121. The first-order chi connectivity index (χ1) is 14.5. The smallest absolute Gasteiger partial charge is 0.224 e. The lowest BCUT2D eigenvalue weighted by Crippen LogP contribution is -2.31. The predicted octanol–water partition coefficient (Wildman–Crippen LogP) is 2.83. The first-order valence-corrected chi connectivity index (χ1v) is 10.0. The SMILES string of the molecule is CC(C)NC(=O)Cc1ccc(NC(=O)CCCn2nnc(-c3ccccc3)n2)cc1. The minimum Gasteiger partial charge on any atom is -0.354 e. The fraction of sp³-hybridized carbons (Fsp3) is 0.318. The Morgan fingerprint density at radius 1 is 1.00 bits per heavy atom. The first kappa shape index (κ1) is 21.2. The summed E-state index contributed by atoms with van der Waals surface area (Å²) in [6.07, 6.45) is 1.27. The fourth-order valence-electron chi connectivity index (χ4n) is 2.91. The summed E-state index contributed by atoms with van der Waals surface area (Å²) in [6, 6.07) is 17.1. The van der Waals surface area contributed by atoms with Gasteiger partial charge >= 0.3 is 0 Å². The van der Waals surface area contributed by atoms with Gasteiger partial charge in [0.2, 0.25) is 17.6 Å². The van der Waals surface area contributed by atoms with Crippen molar-refractivity contribution in [3.63, 3.8) is 0 Å². The molecule has 2 amide bonds. The van der Waals surface area contributed by atoms with Crippen LogP contribution in [0.15, 0.2) is 54.6 Å². The molecule has 8 heteroatoms. The Labute approximate surface area is 175 Å². The molecule has 1 aromatic heterocycles. The number of aryl methyl sites for hydroxylation is 1. The van der Waals surface area contributed by atoms with Crippen molar-refractivity contribution in [2.24, 2.45) is 0 Å². The zero-order valence-electron chi connectivity index (χ0n) is 17.2. The molecule has 0 aliphatic carbocycles. The normalized spacial score (nSPS) is 10.8. The summed E-state index contributed by atoms with van der Waals surface area (Å²) in [5, 5.41) is 18.2. The number of benzene rings is 2. The van der Waals surface area contributed by atoms with Crippen LogP contribution in [0, 0.1) is 0 Å². The van der Waals surface area contributed by atoms with Crippen LogP contribution < -0.4 is 10.6 Å². The fourth-order valence-corrected chi connectivity index (χ4v) is 2.91. The van der Waals surface area contributed by atoms with E-state index in [4.69, 9.17) is 0 Å². The number of tetrazole rings is 1. The zero-order chi connectivity index (χ0) is 21.3. The molecule has 156 valence electrons. The van der Waals surface area contributed by atoms with Gasteiger partial charge < -0.3 is 10.6 Å². The second-order valence-corrected chi connectivity index (χ2v) is 7.32. The third-order valence-corrected chi connectivity index (χ3v) is 4.30. The molecule has 2 aromatic carbocycles. The van der Waals surface area contributed by atoms with Crippen LogP contribution in [-0.2, 0) is 22.6 Å². The summed E-state index contributed by atoms with van der Waals surface area (Å²) in [5.41, 5.74) is 2.52. The maximum atomic E-state index is 12.2. The Morgan fingerprint density at radius 3 is 2.43 bits per heavy atom.